The van der Waals surface area contributed by atoms with Crippen LogP contribution in [0.3, 0.4) is 0 Å². The van der Waals surface area contributed by atoms with E-state index in [0.717, 1.165) is 11.3 Å². The monoisotopic (exact) mass is 314 g/mol. The van der Waals surface area contributed by atoms with Crippen LogP contribution < -0.4 is 4.72 Å². The largest absolute Gasteiger partial charge is 0.352 e. The van der Waals surface area contributed by atoms with Crippen LogP contribution in [0, 0.1) is 0 Å². The van der Waals surface area contributed by atoms with Gasteiger partial charge in [-0.3, -0.25) is 0 Å². The molecular formula is C9H15ClN2O4S2. The molecule has 0 amide bonds. The molecule has 0 atom stereocenters. The number of aromatic nitrogens is 1. The van der Waals surface area contributed by atoms with Gasteiger partial charge < -0.3 is 9.47 Å². The van der Waals surface area contributed by atoms with E-state index >= 15 is 0 Å². The molecule has 1 rings (SSSR count). The number of nitrogens with zero attached hydrogens (tertiary/aromatic N) is 1. The summed E-state index contributed by atoms with van der Waals surface area (Å²) >= 11 is 6.49. The number of hydrogen-bond acceptors (Lipinski definition) is 6. The van der Waals surface area contributed by atoms with Gasteiger partial charge in [0, 0.05) is 13.2 Å². The van der Waals surface area contributed by atoms with Crippen molar-refractivity contribution in [1.29, 1.82) is 0 Å². The van der Waals surface area contributed by atoms with Crippen molar-refractivity contribution in [3.05, 3.63) is 10.7 Å². The summed E-state index contributed by atoms with van der Waals surface area (Å²) in [7, 11) is -3.61. The Hall–Kier alpha value is -0.250. The number of hydrogen-bond donors (Lipinski definition) is 1. The summed E-state index contributed by atoms with van der Waals surface area (Å²) < 4.78 is 36.8. The lowest BCUT2D eigenvalue weighted by Crippen LogP contribution is -2.35. The average Bonchev–Trinajstić information content (AvgIpc) is 2.74. The third-order valence-electron chi connectivity index (χ3n) is 1.87. The number of rotatable bonds is 8. The number of halogens is 1. The van der Waals surface area contributed by atoms with Crippen molar-refractivity contribution in [3.63, 3.8) is 0 Å². The van der Waals surface area contributed by atoms with Crippen LogP contribution >= 0.6 is 22.9 Å². The summed E-state index contributed by atoms with van der Waals surface area (Å²) in [6.45, 7) is 4.55. The number of nitrogens with one attached hydrogen (secondary N) is 1. The van der Waals surface area contributed by atoms with Gasteiger partial charge in [-0.2, -0.15) is 0 Å². The second-order valence-corrected chi connectivity index (χ2v) is 6.73. The van der Waals surface area contributed by atoms with Crippen LogP contribution in [-0.4, -0.2) is 39.5 Å². The van der Waals surface area contributed by atoms with Gasteiger partial charge in [-0.1, -0.05) is 22.9 Å². The zero-order chi connectivity index (χ0) is 13.6. The predicted molar refractivity (Wildman–Crippen MR) is 69.4 cm³/mol. The van der Waals surface area contributed by atoms with Crippen molar-refractivity contribution >= 4 is 33.0 Å². The number of sulfonamides is 1. The fraction of sp³-hybridized carbons (Fsp3) is 0.667. The molecule has 0 radical (unpaired) electrons. The van der Waals surface area contributed by atoms with Crippen molar-refractivity contribution < 1.29 is 17.9 Å². The van der Waals surface area contributed by atoms with Crippen LogP contribution in [-0.2, 0) is 19.5 Å². The molecule has 0 saturated heterocycles. The van der Waals surface area contributed by atoms with E-state index in [-0.39, 0.29) is 15.2 Å². The lowest BCUT2D eigenvalue weighted by Gasteiger charge is -2.16. The van der Waals surface area contributed by atoms with Crippen molar-refractivity contribution in [2.45, 2.75) is 24.3 Å². The van der Waals surface area contributed by atoms with Gasteiger partial charge in [-0.15, -0.1) is 0 Å². The van der Waals surface area contributed by atoms with Gasteiger partial charge in [-0.05, 0) is 13.8 Å². The normalized spacial score (nSPS) is 12.2. The summed E-state index contributed by atoms with van der Waals surface area (Å²) in [4.78, 5) is 3.68. The maximum Gasteiger partial charge on any atom is 0.251 e. The first-order valence-electron chi connectivity index (χ1n) is 5.33. The van der Waals surface area contributed by atoms with E-state index in [1.807, 2.05) is 13.8 Å². The van der Waals surface area contributed by atoms with Crippen LogP contribution in [0.1, 0.15) is 13.8 Å². The number of ether oxygens (including phenoxy) is 2. The quantitative estimate of drug-likeness (QED) is 0.735. The van der Waals surface area contributed by atoms with Crippen molar-refractivity contribution in [1.82, 2.24) is 9.71 Å². The molecule has 0 aromatic carbocycles. The van der Waals surface area contributed by atoms with Gasteiger partial charge in [0.15, 0.2) is 15.0 Å². The molecule has 18 heavy (non-hydrogen) atoms. The Bertz CT molecular complexity index is 457. The lowest BCUT2D eigenvalue weighted by molar-refractivity contribution is -0.130. The van der Waals surface area contributed by atoms with E-state index in [2.05, 4.69) is 9.71 Å². The minimum Gasteiger partial charge on any atom is -0.352 e. The zero-order valence-electron chi connectivity index (χ0n) is 10.1. The van der Waals surface area contributed by atoms with Crippen molar-refractivity contribution in [2.24, 2.45) is 0 Å². The summed E-state index contributed by atoms with van der Waals surface area (Å²) in [5.41, 5.74) is 0. The van der Waals surface area contributed by atoms with E-state index in [9.17, 15) is 8.42 Å². The highest BCUT2D eigenvalue weighted by atomic mass is 35.5. The van der Waals surface area contributed by atoms with Crippen molar-refractivity contribution in [2.75, 3.05) is 19.8 Å². The van der Waals surface area contributed by atoms with Gasteiger partial charge >= 0.3 is 0 Å². The lowest BCUT2D eigenvalue weighted by atomic mass is 10.6. The first kappa shape index (κ1) is 15.8. The second kappa shape index (κ2) is 7.37. The average molecular weight is 315 g/mol. The molecule has 104 valence electrons. The first-order valence-corrected chi connectivity index (χ1v) is 8.01. The maximum atomic E-state index is 11.8. The molecule has 0 spiro atoms. The smallest absolute Gasteiger partial charge is 0.251 e. The van der Waals surface area contributed by atoms with Crippen LogP contribution in [0.15, 0.2) is 10.4 Å². The van der Waals surface area contributed by atoms with Crippen LogP contribution in [0.2, 0.25) is 4.47 Å². The minimum atomic E-state index is -3.61. The first-order chi connectivity index (χ1) is 8.49. The van der Waals surface area contributed by atoms with Crippen molar-refractivity contribution in [3.8, 4) is 0 Å². The third kappa shape index (κ3) is 4.79. The SMILES string of the molecule is CCOC(CNS(=O)(=O)c1cnc(Cl)s1)OCC. The Morgan fingerprint density at radius 3 is 2.50 bits per heavy atom. The molecule has 0 aliphatic carbocycles. The molecule has 0 saturated carbocycles. The molecule has 1 N–H and O–H groups in total. The summed E-state index contributed by atoms with van der Waals surface area (Å²) in [6.07, 6.45) is 0.615. The fourth-order valence-electron chi connectivity index (χ4n) is 1.15. The summed E-state index contributed by atoms with van der Waals surface area (Å²) in [5, 5.41) is 0. The van der Waals surface area contributed by atoms with Gasteiger partial charge in [0.2, 0.25) is 0 Å². The summed E-state index contributed by atoms with van der Waals surface area (Å²) in [6, 6.07) is 0. The Labute approximate surface area is 115 Å². The van der Waals surface area contributed by atoms with E-state index in [0.29, 0.717) is 13.2 Å². The molecular weight excluding hydrogens is 300 g/mol. The molecule has 0 bridgehead atoms. The Morgan fingerprint density at radius 2 is 2.06 bits per heavy atom. The van der Waals surface area contributed by atoms with E-state index in [1.54, 1.807) is 0 Å². The second-order valence-electron chi connectivity index (χ2n) is 3.12. The van der Waals surface area contributed by atoms with E-state index in [1.165, 1.54) is 6.20 Å². The van der Waals surface area contributed by atoms with Crippen LogP contribution in [0.25, 0.3) is 0 Å². The number of thiazole rings is 1. The molecule has 6 nitrogen and oxygen atoms in total. The van der Waals surface area contributed by atoms with E-state index in [4.69, 9.17) is 21.1 Å². The molecule has 1 aromatic heterocycles. The zero-order valence-corrected chi connectivity index (χ0v) is 12.4. The highest BCUT2D eigenvalue weighted by molar-refractivity contribution is 7.91. The van der Waals surface area contributed by atoms with Crippen LogP contribution in [0.4, 0.5) is 0 Å². The van der Waals surface area contributed by atoms with Gasteiger partial charge in [0.1, 0.15) is 0 Å². The van der Waals surface area contributed by atoms with Crippen LogP contribution in [0.5, 0.6) is 0 Å². The van der Waals surface area contributed by atoms with Gasteiger partial charge in [0.05, 0.1) is 12.7 Å². The third-order valence-corrected chi connectivity index (χ3v) is 4.87. The highest BCUT2D eigenvalue weighted by Crippen LogP contribution is 2.22. The molecule has 1 aromatic rings. The van der Waals surface area contributed by atoms with Gasteiger partial charge in [0.25, 0.3) is 10.0 Å². The molecule has 0 unspecified atom stereocenters. The van der Waals surface area contributed by atoms with E-state index < -0.39 is 16.3 Å². The molecule has 0 aliphatic rings. The topological polar surface area (TPSA) is 77.5 Å². The van der Waals surface area contributed by atoms with Gasteiger partial charge in [-0.25, -0.2) is 18.1 Å². The molecule has 9 heteroatoms. The molecule has 0 fully saturated rings. The highest BCUT2D eigenvalue weighted by Gasteiger charge is 2.19. The Kier molecular flexibility index (Phi) is 6.47. The summed E-state index contributed by atoms with van der Waals surface area (Å²) in [5.74, 6) is 0. The molecule has 1 heterocycles. The Balaban J connectivity index is 2.60. The maximum absolute atomic E-state index is 11.8. The fourth-order valence-corrected chi connectivity index (χ4v) is 3.50. The Morgan fingerprint density at radius 1 is 1.44 bits per heavy atom. The standard InChI is InChI=1S/C9H15ClN2O4S2/c1-3-15-7(16-4-2)5-12-18(13,14)8-6-11-9(10)17-8/h6-7,12H,3-5H2,1-2H3. The predicted octanol–water partition coefficient (Wildman–Crippen LogP) is 1.47. The molecule has 0 aliphatic heterocycles. The minimum absolute atomic E-state index is 0.0412.